The summed E-state index contributed by atoms with van der Waals surface area (Å²) in [6.07, 6.45) is 3.34. The molecule has 12 heteroatoms. The van der Waals surface area contributed by atoms with Gasteiger partial charge in [0.15, 0.2) is 5.82 Å². The molecule has 1 atom stereocenters. The van der Waals surface area contributed by atoms with E-state index in [1.807, 2.05) is 89.5 Å². The summed E-state index contributed by atoms with van der Waals surface area (Å²) in [5.41, 5.74) is 2.68. The van der Waals surface area contributed by atoms with Gasteiger partial charge in [-0.05, 0) is 42.9 Å². The van der Waals surface area contributed by atoms with Crippen LogP contribution in [0.25, 0.3) is 0 Å². The van der Waals surface area contributed by atoms with Crippen molar-refractivity contribution in [3.8, 4) is 0 Å². The first-order valence-electron chi connectivity index (χ1n) is 16.0. The second-order valence-corrected chi connectivity index (χ2v) is 14.2. The zero-order chi connectivity index (χ0) is 32.3. The van der Waals surface area contributed by atoms with Crippen molar-refractivity contribution in [2.75, 3.05) is 56.6 Å². The molecular weight excluding hydrogens is 604 g/mol. The van der Waals surface area contributed by atoms with Gasteiger partial charge in [0.2, 0.25) is 15.9 Å². The standard InChI is InChI=1S/C34H42N6O5S/c1-37-17-18-38(2)32-30(37)21-29(22-35-32)46(43,44)36-28-15-13-27(14-16-28)33(41)40-20-19-39(23-31(40)26-11-7-4-8-12-26)34(42)45-24-25-9-5-3-6-10-25/h3-12,21-22,27-28,31,36H,13-20,23-24H2,1-2H3. The number of piperazine rings is 1. The number of fused-ring (bicyclic) bond motifs is 1. The highest BCUT2D eigenvalue weighted by molar-refractivity contribution is 7.89. The van der Waals surface area contributed by atoms with Crippen LogP contribution in [0.5, 0.6) is 0 Å². The van der Waals surface area contributed by atoms with Crippen LogP contribution in [-0.2, 0) is 26.2 Å². The Bertz CT molecular complexity index is 1630. The highest BCUT2D eigenvalue weighted by Gasteiger charge is 2.38. The number of nitrogens with one attached hydrogen (secondary N) is 1. The van der Waals surface area contributed by atoms with Crippen molar-refractivity contribution in [3.63, 3.8) is 0 Å². The highest BCUT2D eigenvalue weighted by Crippen LogP contribution is 2.34. The number of anilines is 2. The van der Waals surface area contributed by atoms with E-state index in [4.69, 9.17) is 4.74 Å². The smallest absolute Gasteiger partial charge is 0.410 e. The van der Waals surface area contributed by atoms with E-state index in [1.54, 1.807) is 11.0 Å². The van der Waals surface area contributed by atoms with Gasteiger partial charge < -0.3 is 24.3 Å². The Labute approximate surface area is 271 Å². The molecule has 3 heterocycles. The zero-order valence-electron chi connectivity index (χ0n) is 26.4. The number of nitrogens with zero attached hydrogens (tertiary/aromatic N) is 5. The number of hydrogen-bond donors (Lipinski definition) is 1. The summed E-state index contributed by atoms with van der Waals surface area (Å²) in [5, 5.41) is 0. The van der Waals surface area contributed by atoms with Crippen molar-refractivity contribution in [1.82, 2.24) is 19.5 Å². The lowest BCUT2D eigenvalue weighted by molar-refractivity contribution is -0.141. The van der Waals surface area contributed by atoms with Crippen molar-refractivity contribution in [2.24, 2.45) is 5.92 Å². The Kier molecular flexibility index (Phi) is 9.46. The first kappa shape index (κ1) is 31.8. The molecule has 6 rings (SSSR count). The molecule has 2 fully saturated rings. The van der Waals surface area contributed by atoms with E-state index in [9.17, 15) is 18.0 Å². The minimum absolute atomic E-state index is 0.0542. The van der Waals surface area contributed by atoms with Crippen LogP contribution in [0.2, 0.25) is 0 Å². The lowest BCUT2D eigenvalue weighted by atomic mass is 9.85. The van der Waals surface area contributed by atoms with Crippen LogP contribution < -0.4 is 14.5 Å². The Morgan fingerprint density at radius 1 is 0.891 bits per heavy atom. The van der Waals surface area contributed by atoms with Crippen LogP contribution >= 0.6 is 0 Å². The minimum Gasteiger partial charge on any atom is -0.445 e. The van der Waals surface area contributed by atoms with Crippen LogP contribution in [0.15, 0.2) is 77.8 Å². The molecule has 46 heavy (non-hydrogen) atoms. The van der Waals surface area contributed by atoms with E-state index in [0.717, 1.165) is 35.7 Å². The van der Waals surface area contributed by atoms with Crippen LogP contribution in [0.4, 0.5) is 16.3 Å². The molecule has 0 bridgehead atoms. The molecule has 1 saturated carbocycles. The van der Waals surface area contributed by atoms with Crippen LogP contribution in [0, 0.1) is 5.92 Å². The molecule has 2 aliphatic heterocycles. The van der Waals surface area contributed by atoms with Gasteiger partial charge in [0.05, 0.1) is 11.7 Å². The Morgan fingerprint density at radius 2 is 1.57 bits per heavy atom. The summed E-state index contributed by atoms with van der Waals surface area (Å²) < 4.78 is 35.2. The monoisotopic (exact) mass is 646 g/mol. The number of amides is 2. The summed E-state index contributed by atoms with van der Waals surface area (Å²) in [5.74, 6) is 0.613. The van der Waals surface area contributed by atoms with Crippen molar-refractivity contribution in [1.29, 1.82) is 0 Å². The first-order chi connectivity index (χ1) is 22.2. The first-order valence-corrected chi connectivity index (χ1v) is 17.4. The predicted octanol–water partition coefficient (Wildman–Crippen LogP) is 4.03. The van der Waals surface area contributed by atoms with Crippen LogP contribution in [-0.4, -0.2) is 88.1 Å². The van der Waals surface area contributed by atoms with Gasteiger partial charge in [-0.3, -0.25) is 4.79 Å². The van der Waals surface area contributed by atoms with E-state index in [1.165, 1.54) is 6.20 Å². The van der Waals surface area contributed by atoms with E-state index in [0.29, 0.717) is 45.3 Å². The van der Waals surface area contributed by atoms with E-state index in [-0.39, 0.29) is 35.4 Å². The Morgan fingerprint density at radius 3 is 2.28 bits per heavy atom. The number of ether oxygens (including phenoxy) is 1. The zero-order valence-corrected chi connectivity index (χ0v) is 27.2. The van der Waals surface area contributed by atoms with Gasteiger partial charge in [-0.2, -0.15) is 0 Å². The number of rotatable bonds is 7. The Hall–Kier alpha value is -4.16. The van der Waals surface area contributed by atoms with E-state index < -0.39 is 16.1 Å². The molecule has 0 spiro atoms. The fourth-order valence-electron chi connectivity index (χ4n) is 6.64. The molecule has 3 aliphatic rings. The third kappa shape index (κ3) is 6.97. The SMILES string of the molecule is CN1CCN(C)c2ncc(S(=O)(=O)NC3CCC(C(=O)N4CCN(C(=O)OCc5ccccc5)CC4c4ccccc4)CC3)cc21. The summed E-state index contributed by atoms with van der Waals surface area (Å²) in [6.45, 7) is 2.94. The molecule has 1 saturated heterocycles. The average Bonchev–Trinajstić information content (AvgIpc) is 3.09. The van der Waals surface area contributed by atoms with Crippen molar-refractivity contribution in [2.45, 2.75) is 49.3 Å². The molecule has 244 valence electrons. The van der Waals surface area contributed by atoms with E-state index >= 15 is 0 Å². The maximum atomic E-state index is 14.0. The molecule has 1 aromatic heterocycles. The minimum atomic E-state index is -3.78. The van der Waals surface area contributed by atoms with Crippen LogP contribution in [0.3, 0.4) is 0 Å². The third-order valence-electron chi connectivity index (χ3n) is 9.39. The number of pyridine rings is 1. The summed E-state index contributed by atoms with van der Waals surface area (Å²) in [6, 6.07) is 20.5. The summed E-state index contributed by atoms with van der Waals surface area (Å²) >= 11 is 0. The molecule has 2 amide bonds. The molecule has 11 nitrogen and oxygen atoms in total. The molecule has 0 radical (unpaired) electrons. The van der Waals surface area contributed by atoms with Gasteiger partial charge in [-0.25, -0.2) is 22.9 Å². The van der Waals surface area contributed by atoms with Crippen LogP contribution in [0.1, 0.15) is 42.9 Å². The van der Waals surface area contributed by atoms with Gasteiger partial charge in [0.1, 0.15) is 11.5 Å². The number of aromatic nitrogens is 1. The predicted molar refractivity (Wildman–Crippen MR) is 176 cm³/mol. The molecular formula is C34H42N6O5S. The summed E-state index contributed by atoms with van der Waals surface area (Å²) in [7, 11) is 0.116. The maximum absolute atomic E-state index is 14.0. The highest BCUT2D eigenvalue weighted by atomic mass is 32.2. The Balaban J connectivity index is 1.07. The lowest BCUT2D eigenvalue weighted by Crippen LogP contribution is -2.54. The largest absolute Gasteiger partial charge is 0.445 e. The average molecular weight is 647 g/mol. The molecule has 1 aliphatic carbocycles. The number of carbonyl (C=O) groups excluding carboxylic acids is 2. The van der Waals surface area contributed by atoms with Gasteiger partial charge in [-0.1, -0.05) is 60.7 Å². The third-order valence-corrected chi connectivity index (χ3v) is 10.9. The normalized spacial score (nSPS) is 21.9. The number of likely N-dealkylation sites (N-methyl/N-ethyl adjacent to an activating group) is 2. The van der Waals surface area contributed by atoms with Gasteiger partial charge in [0, 0.05) is 65.0 Å². The fourth-order valence-corrected chi connectivity index (χ4v) is 7.91. The number of benzene rings is 2. The van der Waals surface area contributed by atoms with Crippen molar-refractivity contribution in [3.05, 3.63) is 84.1 Å². The molecule has 3 aromatic rings. The second kappa shape index (κ2) is 13.7. The second-order valence-electron chi connectivity index (χ2n) is 12.5. The maximum Gasteiger partial charge on any atom is 0.410 e. The number of hydrogen-bond acceptors (Lipinski definition) is 8. The fraction of sp³-hybridized carbons (Fsp3) is 0.441. The number of carbonyl (C=O) groups is 2. The van der Waals surface area contributed by atoms with Gasteiger partial charge in [-0.15, -0.1) is 0 Å². The summed E-state index contributed by atoms with van der Waals surface area (Å²) in [4.78, 5) is 39.2. The quantitative estimate of drug-likeness (QED) is 0.410. The van der Waals surface area contributed by atoms with Gasteiger partial charge >= 0.3 is 6.09 Å². The number of sulfonamides is 1. The molecule has 1 N–H and O–H groups in total. The van der Waals surface area contributed by atoms with E-state index in [2.05, 4.69) is 9.71 Å². The van der Waals surface area contributed by atoms with Gasteiger partial charge in [0.25, 0.3) is 0 Å². The molecule has 2 aromatic carbocycles. The van der Waals surface area contributed by atoms with Crippen molar-refractivity contribution < 1.29 is 22.7 Å². The topological polar surface area (TPSA) is 115 Å². The molecule has 1 unspecified atom stereocenters. The van der Waals surface area contributed by atoms with Crippen molar-refractivity contribution >= 4 is 33.5 Å². The lowest BCUT2D eigenvalue weighted by Gasteiger charge is -2.43.